The van der Waals surface area contributed by atoms with Gasteiger partial charge >= 0.3 is 6.18 Å². The molecule has 0 aliphatic rings. The molecule has 0 radical (unpaired) electrons. The van der Waals surface area contributed by atoms with Crippen molar-refractivity contribution in [1.82, 2.24) is 19.9 Å². The van der Waals surface area contributed by atoms with Crippen LogP contribution in [0.5, 0.6) is 0 Å². The fraction of sp³-hybridized carbons (Fsp3) is 0.211. The summed E-state index contributed by atoms with van der Waals surface area (Å²) < 4.78 is 47.5. The number of imidazole rings is 1. The van der Waals surface area contributed by atoms with Crippen LogP contribution >= 0.6 is 22.9 Å². The Morgan fingerprint density at radius 2 is 2.13 bits per heavy atom. The molecule has 4 heterocycles. The van der Waals surface area contributed by atoms with Crippen molar-refractivity contribution in [3.63, 3.8) is 0 Å². The maximum atomic E-state index is 13.8. The molecule has 0 saturated heterocycles. The van der Waals surface area contributed by atoms with Crippen LogP contribution in [-0.4, -0.2) is 20.4 Å². The standard InChI is InChI=1S/C19H14ClF3N4O2S/c1-9-14(10(2)29-26-9)11-6-13(19(21,22)23)17-25-15(16(20)27(17)8-11)18(28)24-7-12-4-3-5-30-12/h3-6,8H,7H2,1-2H3,(H,24,28). The van der Waals surface area contributed by atoms with E-state index < -0.39 is 23.3 Å². The zero-order chi connectivity index (χ0) is 21.6. The second-order valence-corrected chi connectivity index (χ2v) is 7.94. The number of fused-ring (bicyclic) bond motifs is 1. The molecular formula is C19H14ClF3N4O2S. The number of aromatic nitrogens is 3. The lowest BCUT2D eigenvalue weighted by Crippen LogP contribution is -2.23. The summed E-state index contributed by atoms with van der Waals surface area (Å²) in [5.74, 6) is -0.297. The number of halogens is 4. The molecule has 11 heteroatoms. The SMILES string of the molecule is Cc1noc(C)c1-c1cc(C(F)(F)F)c2nc(C(=O)NCc3cccs3)c(Cl)n2c1. The smallest absolute Gasteiger partial charge is 0.361 e. The van der Waals surface area contributed by atoms with Gasteiger partial charge in [0.15, 0.2) is 11.3 Å². The van der Waals surface area contributed by atoms with Crippen LogP contribution in [0.1, 0.15) is 32.4 Å². The van der Waals surface area contributed by atoms with Crippen molar-refractivity contribution in [3.8, 4) is 11.1 Å². The van der Waals surface area contributed by atoms with Crippen LogP contribution in [0.4, 0.5) is 13.2 Å². The van der Waals surface area contributed by atoms with Crippen LogP contribution in [0.25, 0.3) is 16.8 Å². The number of thiophene rings is 1. The number of hydrogen-bond donors (Lipinski definition) is 1. The maximum Gasteiger partial charge on any atom is 0.420 e. The molecule has 156 valence electrons. The molecule has 0 fully saturated rings. The van der Waals surface area contributed by atoms with Crippen LogP contribution in [0, 0.1) is 13.8 Å². The summed E-state index contributed by atoms with van der Waals surface area (Å²) in [5, 5.41) is 8.06. The number of hydrogen-bond acceptors (Lipinski definition) is 5. The van der Waals surface area contributed by atoms with Crippen LogP contribution < -0.4 is 5.32 Å². The van der Waals surface area contributed by atoms with E-state index in [1.807, 2.05) is 17.5 Å². The molecular weight excluding hydrogens is 441 g/mol. The first-order chi connectivity index (χ1) is 14.2. The minimum Gasteiger partial charge on any atom is -0.361 e. The summed E-state index contributed by atoms with van der Waals surface area (Å²) >= 11 is 7.72. The van der Waals surface area contributed by atoms with E-state index in [1.165, 1.54) is 17.5 Å². The minimum absolute atomic E-state index is 0.205. The number of carbonyl (C=O) groups excluding carboxylic acids is 1. The lowest BCUT2D eigenvalue weighted by Gasteiger charge is -2.11. The summed E-state index contributed by atoms with van der Waals surface area (Å²) in [4.78, 5) is 17.3. The molecule has 0 aliphatic heterocycles. The van der Waals surface area contributed by atoms with Gasteiger partial charge in [0, 0.05) is 22.2 Å². The fourth-order valence-electron chi connectivity index (χ4n) is 3.17. The summed E-state index contributed by atoms with van der Waals surface area (Å²) in [5.41, 5.74) is -0.685. The first kappa shape index (κ1) is 20.4. The summed E-state index contributed by atoms with van der Waals surface area (Å²) in [6.45, 7) is 3.45. The third kappa shape index (κ3) is 3.56. The Balaban J connectivity index is 1.83. The lowest BCUT2D eigenvalue weighted by molar-refractivity contribution is -0.136. The summed E-state index contributed by atoms with van der Waals surface area (Å²) in [6, 6.07) is 4.61. The number of nitrogens with zero attached hydrogens (tertiary/aromatic N) is 3. The number of rotatable bonds is 4. The van der Waals surface area contributed by atoms with E-state index in [4.69, 9.17) is 16.1 Å². The topological polar surface area (TPSA) is 72.4 Å². The van der Waals surface area contributed by atoms with Gasteiger partial charge in [-0.15, -0.1) is 11.3 Å². The number of carbonyl (C=O) groups is 1. The monoisotopic (exact) mass is 454 g/mol. The van der Waals surface area contributed by atoms with Gasteiger partial charge < -0.3 is 9.84 Å². The zero-order valence-corrected chi connectivity index (χ0v) is 17.2. The van der Waals surface area contributed by atoms with Gasteiger partial charge in [0.05, 0.1) is 17.8 Å². The highest BCUT2D eigenvalue weighted by Crippen LogP contribution is 2.38. The maximum absolute atomic E-state index is 13.8. The second kappa shape index (κ2) is 7.44. The van der Waals surface area contributed by atoms with Gasteiger partial charge in [-0.2, -0.15) is 13.2 Å². The highest BCUT2D eigenvalue weighted by Gasteiger charge is 2.36. The number of pyridine rings is 1. The highest BCUT2D eigenvalue weighted by atomic mass is 35.5. The van der Waals surface area contributed by atoms with Crippen molar-refractivity contribution >= 4 is 34.5 Å². The Bertz CT molecular complexity index is 1230. The van der Waals surface area contributed by atoms with Gasteiger partial charge in [0.2, 0.25) is 0 Å². The molecule has 4 aromatic rings. The van der Waals surface area contributed by atoms with Crippen molar-refractivity contribution in [2.45, 2.75) is 26.6 Å². The van der Waals surface area contributed by atoms with E-state index in [-0.39, 0.29) is 23.0 Å². The molecule has 6 nitrogen and oxygen atoms in total. The van der Waals surface area contributed by atoms with Crippen molar-refractivity contribution in [3.05, 3.63) is 62.5 Å². The Hall–Kier alpha value is -2.85. The molecule has 0 aromatic carbocycles. The van der Waals surface area contributed by atoms with Crippen LogP contribution in [-0.2, 0) is 12.7 Å². The number of amides is 1. The Labute approximate surface area is 177 Å². The van der Waals surface area contributed by atoms with E-state index in [2.05, 4.69) is 15.5 Å². The molecule has 0 bridgehead atoms. The third-order valence-electron chi connectivity index (χ3n) is 4.51. The largest absolute Gasteiger partial charge is 0.420 e. The van der Waals surface area contributed by atoms with Crippen LogP contribution in [0.15, 0.2) is 34.3 Å². The van der Waals surface area contributed by atoms with Gasteiger partial charge in [-0.25, -0.2) is 4.98 Å². The summed E-state index contributed by atoms with van der Waals surface area (Å²) in [6.07, 6.45) is -3.32. The first-order valence-corrected chi connectivity index (χ1v) is 9.95. The van der Waals surface area contributed by atoms with E-state index in [0.29, 0.717) is 17.0 Å². The van der Waals surface area contributed by atoms with E-state index in [9.17, 15) is 18.0 Å². The quantitative estimate of drug-likeness (QED) is 0.456. The zero-order valence-electron chi connectivity index (χ0n) is 15.7. The van der Waals surface area contributed by atoms with E-state index in [0.717, 1.165) is 15.3 Å². The number of alkyl halides is 3. The minimum atomic E-state index is -4.71. The van der Waals surface area contributed by atoms with Crippen molar-refractivity contribution < 1.29 is 22.5 Å². The first-order valence-electron chi connectivity index (χ1n) is 8.69. The van der Waals surface area contributed by atoms with Crippen molar-refractivity contribution in [2.24, 2.45) is 0 Å². The molecule has 1 N–H and O–H groups in total. The fourth-order valence-corrected chi connectivity index (χ4v) is 4.07. The van der Waals surface area contributed by atoms with E-state index >= 15 is 0 Å². The Morgan fingerprint density at radius 3 is 2.73 bits per heavy atom. The highest BCUT2D eigenvalue weighted by molar-refractivity contribution is 7.09. The molecule has 4 rings (SSSR count). The van der Waals surface area contributed by atoms with Crippen LogP contribution in [0.2, 0.25) is 5.15 Å². The van der Waals surface area contributed by atoms with Crippen molar-refractivity contribution in [2.75, 3.05) is 0 Å². The summed E-state index contributed by atoms with van der Waals surface area (Å²) in [7, 11) is 0. The van der Waals surface area contributed by atoms with Gasteiger partial charge in [0.1, 0.15) is 10.9 Å². The van der Waals surface area contributed by atoms with Crippen molar-refractivity contribution in [1.29, 1.82) is 0 Å². The van der Waals surface area contributed by atoms with Crippen LogP contribution in [0.3, 0.4) is 0 Å². The van der Waals surface area contributed by atoms with Gasteiger partial charge in [-0.05, 0) is 31.4 Å². The molecule has 0 unspecified atom stereocenters. The number of aryl methyl sites for hydroxylation is 2. The third-order valence-corrected chi connectivity index (χ3v) is 5.75. The molecule has 4 aromatic heterocycles. The molecule has 0 aliphatic carbocycles. The molecule has 30 heavy (non-hydrogen) atoms. The Kier molecular flexibility index (Phi) is 5.07. The van der Waals surface area contributed by atoms with Gasteiger partial charge in [-0.3, -0.25) is 9.20 Å². The predicted molar refractivity (Wildman–Crippen MR) is 106 cm³/mol. The lowest BCUT2D eigenvalue weighted by atomic mass is 10.0. The molecule has 1 amide bonds. The average Bonchev–Trinajstić information content (AvgIpc) is 3.39. The molecule has 0 atom stereocenters. The van der Waals surface area contributed by atoms with Gasteiger partial charge in [-0.1, -0.05) is 22.8 Å². The van der Waals surface area contributed by atoms with E-state index in [1.54, 1.807) is 13.8 Å². The normalized spacial score (nSPS) is 11.9. The second-order valence-electron chi connectivity index (χ2n) is 6.55. The predicted octanol–water partition coefficient (Wildman–Crippen LogP) is 5.27. The molecule has 0 saturated carbocycles. The number of nitrogens with one attached hydrogen (secondary N) is 1. The average molecular weight is 455 g/mol. The van der Waals surface area contributed by atoms with Gasteiger partial charge in [0.25, 0.3) is 5.91 Å². The molecule has 0 spiro atoms. The Morgan fingerprint density at radius 1 is 1.37 bits per heavy atom.